The van der Waals surface area contributed by atoms with E-state index in [1.54, 1.807) is 12.1 Å². The lowest BCUT2D eigenvalue weighted by Gasteiger charge is -2.38. The molecule has 10 nitrogen and oxygen atoms in total. The fourth-order valence-corrected chi connectivity index (χ4v) is 5.49. The number of piperazine rings is 1. The van der Waals surface area contributed by atoms with Gasteiger partial charge in [-0.3, -0.25) is 10.1 Å². The number of morpholine rings is 1. The molecule has 2 saturated heterocycles. The van der Waals surface area contributed by atoms with Crippen molar-refractivity contribution in [2.75, 3.05) is 62.7 Å². The second-order valence-electron chi connectivity index (χ2n) is 7.70. The molecule has 2 fully saturated rings. The van der Waals surface area contributed by atoms with Gasteiger partial charge in [-0.1, -0.05) is 30.3 Å². The van der Waals surface area contributed by atoms with E-state index in [2.05, 4.69) is 10.2 Å². The minimum Gasteiger partial charge on any atom is -0.379 e. The van der Waals surface area contributed by atoms with Crippen LogP contribution in [0.25, 0.3) is 0 Å². The molecule has 2 heterocycles. The molecule has 32 heavy (non-hydrogen) atoms. The van der Waals surface area contributed by atoms with Crippen molar-refractivity contribution in [2.24, 2.45) is 0 Å². The summed E-state index contributed by atoms with van der Waals surface area (Å²) in [6.07, 6.45) is 0. The lowest BCUT2D eigenvalue weighted by molar-refractivity contribution is -0.384. The Hall–Kier alpha value is -2.73. The molecule has 0 amide bonds. The third-order valence-corrected chi connectivity index (χ3v) is 7.76. The van der Waals surface area contributed by atoms with E-state index < -0.39 is 15.1 Å². The average Bonchev–Trinajstić information content (AvgIpc) is 2.84. The predicted octanol–water partition coefficient (Wildman–Crippen LogP) is 1.91. The first-order chi connectivity index (χ1) is 15.4. The maximum absolute atomic E-state index is 12.9. The fourth-order valence-electron chi connectivity index (χ4n) is 3.93. The van der Waals surface area contributed by atoms with Crippen molar-refractivity contribution in [1.29, 1.82) is 0 Å². The molecule has 0 saturated carbocycles. The molecule has 0 unspecified atom stereocenters. The van der Waals surface area contributed by atoms with Gasteiger partial charge in [-0.25, -0.2) is 0 Å². The van der Waals surface area contributed by atoms with E-state index in [4.69, 9.17) is 4.74 Å². The van der Waals surface area contributed by atoms with Gasteiger partial charge in [0.25, 0.3) is 15.9 Å². The van der Waals surface area contributed by atoms with Gasteiger partial charge in [0.15, 0.2) is 0 Å². The summed E-state index contributed by atoms with van der Waals surface area (Å²) in [6, 6.07) is 14.7. The number of rotatable bonds is 7. The van der Waals surface area contributed by atoms with Gasteiger partial charge in [0.2, 0.25) is 0 Å². The van der Waals surface area contributed by atoms with Gasteiger partial charge in [-0.2, -0.15) is 17.0 Å². The number of benzene rings is 2. The van der Waals surface area contributed by atoms with Gasteiger partial charge in [0.1, 0.15) is 5.69 Å². The summed E-state index contributed by atoms with van der Waals surface area (Å²) in [7, 11) is -3.50. The van der Waals surface area contributed by atoms with E-state index in [0.717, 1.165) is 11.3 Å². The molecular weight excluding hydrogens is 434 g/mol. The van der Waals surface area contributed by atoms with Crippen molar-refractivity contribution < 1.29 is 18.1 Å². The zero-order chi connectivity index (χ0) is 22.6. The second-order valence-corrected chi connectivity index (χ2v) is 9.63. The summed E-state index contributed by atoms with van der Waals surface area (Å²) in [5.74, 6) is 0. The van der Waals surface area contributed by atoms with Crippen molar-refractivity contribution in [3.05, 3.63) is 64.2 Å². The smallest absolute Gasteiger partial charge is 0.292 e. The molecule has 2 aliphatic heterocycles. The zero-order valence-electron chi connectivity index (χ0n) is 17.7. The van der Waals surface area contributed by atoms with Crippen molar-refractivity contribution in [2.45, 2.75) is 6.54 Å². The van der Waals surface area contributed by atoms with Crippen molar-refractivity contribution in [3.63, 3.8) is 0 Å². The largest absolute Gasteiger partial charge is 0.379 e. The summed E-state index contributed by atoms with van der Waals surface area (Å²) in [5.41, 5.74) is 2.31. The molecule has 11 heteroatoms. The van der Waals surface area contributed by atoms with Gasteiger partial charge in [0.05, 0.1) is 18.1 Å². The van der Waals surface area contributed by atoms with E-state index in [1.807, 2.05) is 30.3 Å². The predicted molar refractivity (Wildman–Crippen MR) is 122 cm³/mol. The van der Waals surface area contributed by atoms with Crippen molar-refractivity contribution in [3.8, 4) is 0 Å². The summed E-state index contributed by atoms with van der Waals surface area (Å²) in [5, 5.41) is 14.7. The van der Waals surface area contributed by atoms with Crippen LogP contribution < -0.4 is 10.2 Å². The van der Waals surface area contributed by atoms with Crippen LogP contribution in [0.2, 0.25) is 0 Å². The van der Waals surface area contributed by atoms with Crippen LogP contribution >= 0.6 is 0 Å². The Morgan fingerprint density at radius 2 is 1.59 bits per heavy atom. The maximum atomic E-state index is 12.9. The number of nitrogens with one attached hydrogen (secondary N) is 1. The highest BCUT2D eigenvalue weighted by molar-refractivity contribution is 7.86. The van der Waals surface area contributed by atoms with E-state index in [9.17, 15) is 18.5 Å². The van der Waals surface area contributed by atoms with Crippen LogP contribution in [0.5, 0.6) is 0 Å². The molecule has 0 spiro atoms. The third-order valence-electron chi connectivity index (χ3n) is 5.73. The summed E-state index contributed by atoms with van der Waals surface area (Å²) in [6.45, 7) is 3.81. The first-order valence-electron chi connectivity index (χ1n) is 10.6. The van der Waals surface area contributed by atoms with Crippen molar-refractivity contribution in [1.82, 2.24) is 8.61 Å². The van der Waals surface area contributed by atoms with Crippen LogP contribution in [-0.2, 0) is 21.5 Å². The molecule has 0 aromatic heterocycles. The second kappa shape index (κ2) is 9.82. The molecule has 1 N–H and O–H groups in total. The molecule has 0 radical (unpaired) electrons. The summed E-state index contributed by atoms with van der Waals surface area (Å²) < 4.78 is 34.0. The van der Waals surface area contributed by atoms with Crippen LogP contribution in [0.4, 0.5) is 17.1 Å². The Labute approximate surface area is 187 Å². The standard InChI is InChI=1S/C21H27N5O5S/c27-26(28)21-7-6-19(16-20(21)22-17-18-4-2-1-3-5-18)23-8-10-24(11-9-23)32(29,30)25-12-14-31-15-13-25/h1-7,16,22H,8-15,17H2. The Kier molecular flexibility index (Phi) is 6.89. The van der Waals surface area contributed by atoms with Crippen LogP contribution in [0.3, 0.4) is 0 Å². The molecule has 172 valence electrons. The van der Waals surface area contributed by atoms with Crippen LogP contribution in [0.15, 0.2) is 48.5 Å². The van der Waals surface area contributed by atoms with Crippen LogP contribution in [-0.4, -0.2) is 74.4 Å². The third kappa shape index (κ3) is 5.01. The van der Waals surface area contributed by atoms with Gasteiger partial charge in [0, 0.05) is 57.6 Å². The van der Waals surface area contributed by atoms with E-state index in [-0.39, 0.29) is 5.69 Å². The monoisotopic (exact) mass is 461 g/mol. The SMILES string of the molecule is O=[N+]([O-])c1ccc(N2CCN(S(=O)(=O)N3CCOCC3)CC2)cc1NCc1ccccc1. The van der Waals surface area contributed by atoms with E-state index in [1.165, 1.54) is 14.7 Å². The number of anilines is 2. The van der Waals surface area contributed by atoms with Crippen LogP contribution in [0, 0.1) is 10.1 Å². The number of ether oxygens (including phenoxy) is 1. The van der Waals surface area contributed by atoms with Crippen LogP contribution in [0.1, 0.15) is 5.56 Å². The summed E-state index contributed by atoms with van der Waals surface area (Å²) >= 11 is 0. The maximum Gasteiger partial charge on any atom is 0.292 e. The highest BCUT2D eigenvalue weighted by Crippen LogP contribution is 2.31. The lowest BCUT2D eigenvalue weighted by Crippen LogP contribution is -2.55. The lowest BCUT2D eigenvalue weighted by atomic mass is 10.2. The number of hydrogen-bond donors (Lipinski definition) is 1. The quantitative estimate of drug-likeness (QED) is 0.496. The minimum atomic E-state index is -3.50. The van der Waals surface area contributed by atoms with Gasteiger partial charge < -0.3 is 15.0 Å². The average molecular weight is 462 g/mol. The molecule has 2 aliphatic rings. The van der Waals surface area contributed by atoms with Crippen molar-refractivity contribution >= 4 is 27.3 Å². The van der Waals surface area contributed by atoms with Gasteiger partial charge in [-0.05, 0) is 17.7 Å². The first-order valence-corrected chi connectivity index (χ1v) is 12.0. The number of nitro groups is 1. The normalized spacial score (nSPS) is 18.4. The Morgan fingerprint density at radius 3 is 2.25 bits per heavy atom. The minimum absolute atomic E-state index is 0.0122. The first kappa shape index (κ1) is 22.5. The topological polar surface area (TPSA) is 108 Å². The Balaban J connectivity index is 1.44. The molecule has 0 bridgehead atoms. The molecule has 0 aliphatic carbocycles. The van der Waals surface area contributed by atoms with E-state index >= 15 is 0 Å². The Morgan fingerprint density at radius 1 is 0.938 bits per heavy atom. The molecule has 2 aromatic carbocycles. The summed E-state index contributed by atoms with van der Waals surface area (Å²) in [4.78, 5) is 13.1. The highest BCUT2D eigenvalue weighted by Gasteiger charge is 2.33. The molecule has 2 aromatic rings. The Bertz CT molecular complexity index is 1040. The number of hydrogen-bond acceptors (Lipinski definition) is 7. The number of nitrogens with zero attached hydrogens (tertiary/aromatic N) is 4. The molecule has 4 rings (SSSR count). The van der Waals surface area contributed by atoms with Gasteiger partial charge >= 0.3 is 0 Å². The molecule has 0 atom stereocenters. The van der Waals surface area contributed by atoms with E-state index in [0.29, 0.717) is 64.7 Å². The fraction of sp³-hybridized carbons (Fsp3) is 0.429. The number of nitro benzene ring substituents is 1. The molecular formula is C21H27N5O5S. The zero-order valence-corrected chi connectivity index (χ0v) is 18.5. The highest BCUT2D eigenvalue weighted by atomic mass is 32.2. The van der Waals surface area contributed by atoms with Gasteiger partial charge in [-0.15, -0.1) is 0 Å².